The number of benzene rings is 2. The van der Waals surface area contributed by atoms with E-state index in [0.717, 1.165) is 25.1 Å². The van der Waals surface area contributed by atoms with Crippen molar-refractivity contribution in [2.75, 3.05) is 27.3 Å². The van der Waals surface area contributed by atoms with Gasteiger partial charge in [0, 0.05) is 11.6 Å². The SMILES string of the molecule is CCCC(C)(N(CC)CC)N(Cc1ccc(OC)c(OC)c1)S(=O)(=O)c1ccc(Cl)cc1. The number of rotatable bonds is 12. The predicted molar refractivity (Wildman–Crippen MR) is 130 cm³/mol. The summed E-state index contributed by atoms with van der Waals surface area (Å²) in [4.78, 5) is 2.42. The van der Waals surface area contributed by atoms with Crippen LogP contribution in [0.1, 0.15) is 46.1 Å². The summed E-state index contributed by atoms with van der Waals surface area (Å²) in [6.45, 7) is 9.85. The lowest BCUT2D eigenvalue weighted by Gasteiger charge is -2.47. The minimum absolute atomic E-state index is 0.193. The summed E-state index contributed by atoms with van der Waals surface area (Å²) in [7, 11) is -0.688. The van der Waals surface area contributed by atoms with Gasteiger partial charge in [-0.1, -0.05) is 44.9 Å². The molecule has 0 saturated carbocycles. The van der Waals surface area contributed by atoms with E-state index in [1.54, 1.807) is 48.9 Å². The number of hydrogen-bond acceptors (Lipinski definition) is 5. The highest BCUT2D eigenvalue weighted by Gasteiger charge is 2.43. The minimum Gasteiger partial charge on any atom is -0.493 e. The Morgan fingerprint density at radius 3 is 2.03 bits per heavy atom. The Labute approximate surface area is 198 Å². The van der Waals surface area contributed by atoms with E-state index >= 15 is 0 Å². The Bertz CT molecular complexity index is 978. The average Bonchev–Trinajstić information content (AvgIpc) is 2.78. The Morgan fingerprint density at radius 1 is 0.938 bits per heavy atom. The van der Waals surface area contributed by atoms with E-state index < -0.39 is 15.7 Å². The minimum atomic E-state index is -3.84. The monoisotopic (exact) mass is 482 g/mol. The van der Waals surface area contributed by atoms with Gasteiger partial charge in [0.05, 0.1) is 24.8 Å². The van der Waals surface area contributed by atoms with Gasteiger partial charge in [-0.05, 0) is 68.4 Å². The molecule has 0 saturated heterocycles. The summed E-state index contributed by atoms with van der Waals surface area (Å²) in [6.07, 6.45) is 1.53. The Morgan fingerprint density at radius 2 is 1.53 bits per heavy atom. The van der Waals surface area contributed by atoms with Gasteiger partial charge < -0.3 is 9.47 Å². The molecule has 0 bridgehead atoms. The van der Waals surface area contributed by atoms with Crippen LogP contribution in [0.2, 0.25) is 5.02 Å². The third-order valence-electron chi connectivity index (χ3n) is 5.88. The van der Waals surface area contributed by atoms with Crippen LogP contribution in [0.25, 0.3) is 0 Å². The molecule has 0 aliphatic heterocycles. The second kappa shape index (κ2) is 11.4. The van der Waals surface area contributed by atoms with Crippen LogP contribution >= 0.6 is 11.6 Å². The molecule has 0 spiro atoms. The van der Waals surface area contributed by atoms with E-state index in [1.165, 1.54) is 0 Å². The third-order valence-corrected chi connectivity index (χ3v) is 8.10. The fraction of sp³-hybridized carbons (Fsp3) is 0.500. The van der Waals surface area contributed by atoms with E-state index in [0.29, 0.717) is 22.9 Å². The highest BCUT2D eigenvalue weighted by Crippen LogP contribution is 2.35. The Kier molecular flexibility index (Phi) is 9.40. The molecule has 1 unspecified atom stereocenters. The van der Waals surface area contributed by atoms with Crippen molar-refractivity contribution >= 4 is 21.6 Å². The molecule has 2 aromatic carbocycles. The van der Waals surface area contributed by atoms with E-state index in [4.69, 9.17) is 21.1 Å². The topological polar surface area (TPSA) is 59.1 Å². The predicted octanol–water partition coefficient (Wildman–Crippen LogP) is 5.41. The molecular formula is C24H35ClN2O4S. The first kappa shape index (κ1) is 26.5. The van der Waals surface area contributed by atoms with E-state index in [9.17, 15) is 8.42 Å². The van der Waals surface area contributed by atoms with E-state index in [2.05, 4.69) is 25.7 Å². The molecule has 0 aliphatic carbocycles. The summed E-state index contributed by atoms with van der Waals surface area (Å²) in [5.74, 6) is 1.16. The lowest BCUT2D eigenvalue weighted by Crippen LogP contribution is -2.60. The van der Waals surface area contributed by atoms with Crippen molar-refractivity contribution in [2.24, 2.45) is 0 Å². The van der Waals surface area contributed by atoms with Crippen LogP contribution in [-0.2, 0) is 16.6 Å². The maximum Gasteiger partial charge on any atom is 0.244 e. The first-order chi connectivity index (χ1) is 15.2. The normalized spacial score (nSPS) is 13.9. The number of hydrogen-bond donors (Lipinski definition) is 0. The highest BCUT2D eigenvalue weighted by molar-refractivity contribution is 7.89. The molecule has 2 rings (SSSR count). The van der Waals surface area contributed by atoms with Gasteiger partial charge in [-0.15, -0.1) is 0 Å². The molecule has 32 heavy (non-hydrogen) atoms. The van der Waals surface area contributed by atoms with Crippen molar-refractivity contribution < 1.29 is 17.9 Å². The lowest BCUT2D eigenvalue weighted by molar-refractivity contribution is -0.000178. The largest absolute Gasteiger partial charge is 0.493 e. The number of halogens is 1. The van der Waals surface area contributed by atoms with Crippen LogP contribution in [-0.4, -0.2) is 50.6 Å². The summed E-state index contributed by atoms with van der Waals surface area (Å²) < 4.78 is 40.4. The first-order valence-corrected chi connectivity index (χ1v) is 12.7. The molecule has 178 valence electrons. The van der Waals surface area contributed by atoms with Gasteiger partial charge in [0.15, 0.2) is 11.5 Å². The molecule has 8 heteroatoms. The quantitative estimate of drug-likeness (QED) is 0.379. The molecule has 0 fully saturated rings. The van der Waals surface area contributed by atoms with Gasteiger partial charge in [-0.25, -0.2) is 8.42 Å². The summed E-state index contributed by atoms with van der Waals surface area (Å²) in [6, 6.07) is 11.9. The average molecular weight is 483 g/mol. The summed E-state index contributed by atoms with van der Waals surface area (Å²) >= 11 is 6.03. The number of nitrogens with zero attached hydrogens (tertiary/aromatic N) is 2. The fourth-order valence-corrected chi connectivity index (χ4v) is 6.12. The van der Waals surface area contributed by atoms with Crippen molar-refractivity contribution in [3.8, 4) is 11.5 Å². The zero-order chi connectivity index (χ0) is 23.9. The fourth-order valence-electron chi connectivity index (χ4n) is 4.21. The standard InChI is InChI=1S/C24H35ClN2O4S/c1-7-16-24(4,26(8-2)9-3)27(32(28,29)21-13-11-20(25)12-14-21)18-19-10-15-22(30-5)23(17-19)31-6/h10-15,17H,7-9,16,18H2,1-6H3. The van der Waals surface area contributed by atoms with Gasteiger partial charge in [0.1, 0.15) is 0 Å². The zero-order valence-corrected chi connectivity index (χ0v) is 21.5. The van der Waals surface area contributed by atoms with Gasteiger partial charge in [-0.2, -0.15) is 4.31 Å². The lowest BCUT2D eigenvalue weighted by atomic mass is 10.0. The second-order valence-electron chi connectivity index (χ2n) is 7.79. The summed E-state index contributed by atoms with van der Waals surface area (Å²) in [5, 5.41) is 0.496. The molecule has 0 aliphatic rings. The maximum absolute atomic E-state index is 14.0. The number of sulfonamides is 1. The molecule has 6 nitrogen and oxygen atoms in total. The van der Waals surface area contributed by atoms with E-state index in [1.807, 2.05) is 19.1 Å². The molecule has 0 radical (unpaired) electrons. The summed E-state index contributed by atoms with van der Waals surface area (Å²) in [5.41, 5.74) is 0.0961. The molecule has 0 heterocycles. The van der Waals surface area contributed by atoms with Gasteiger partial charge in [0.2, 0.25) is 10.0 Å². The van der Waals surface area contributed by atoms with Crippen molar-refractivity contribution in [3.63, 3.8) is 0 Å². The van der Waals surface area contributed by atoms with Gasteiger partial charge >= 0.3 is 0 Å². The molecule has 0 amide bonds. The van der Waals surface area contributed by atoms with E-state index in [-0.39, 0.29) is 11.4 Å². The molecule has 0 aromatic heterocycles. The van der Waals surface area contributed by atoms with Crippen LogP contribution < -0.4 is 9.47 Å². The van der Waals surface area contributed by atoms with Crippen LogP contribution in [0.4, 0.5) is 0 Å². The van der Waals surface area contributed by atoms with Crippen LogP contribution in [0.5, 0.6) is 11.5 Å². The zero-order valence-electron chi connectivity index (χ0n) is 19.9. The number of methoxy groups -OCH3 is 2. The van der Waals surface area contributed by atoms with Crippen molar-refractivity contribution in [3.05, 3.63) is 53.1 Å². The third kappa shape index (κ3) is 5.57. The van der Waals surface area contributed by atoms with Crippen molar-refractivity contribution in [1.29, 1.82) is 0 Å². The van der Waals surface area contributed by atoms with Gasteiger partial charge in [-0.3, -0.25) is 4.90 Å². The second-order valence-corrected chi connectivity index (χ2v) is 10.1. The Hall–Kier alpha value is -1.80. The highest BCUT2D eigenvalue weighted by atomic mass is 35.5. The Balaban J connectivity index is 2.66. The first-order valence-electron chi connectivity index (χ1n) is 10.9. The van der Waals surface area contributed by atoms with Crippen molar-refractivity contribution in [2.45, 2.75) is 57.6 Å². The smallest absolute Gasteiger partial charge is 0.244 e. The molecule has 1 atom stereocenters. The van der Waals surface area contributed by atoms with Crippen LogP contribution in [0.3, 0.4) is 0 Å². The van der Waals surface area contributed by atoms with Crippen LogP contribution in [0, 0.1) is 0 Å². The van der Waals surface area contributed by atoms with Gasteiger partial charge in [0.25, 0.3) is 0 Å². The molecular weight excluding hydrogens is 448 g/mol. The van der Waals surface area contributed by atoms with Crippen LogP contribution in [0.15, 0.2) is 47.4 Å². The van der Waals surface area contributed by atoms with Crippen molar-refractivity contribution in [1.82, 2.24) is 9.21 Å². The molecule has 2 aromatic rings. The number of ether oxygens (including phenoxy) is 2. The maximum atomic E-state index is 14.0. The molecule has 0 N–H and O–H groups in total.